The number of fused-ring (bicyclic) bond motifs is 1. The lowest BCUT2D eigenvalue weighted by atomic mass is 9.90. The Bertz CT molecular complexity index is 800. The number of nitrogens with one attached hydrogen (secondary N) is 2. The molecular formula is C20H22N2O3. The van der Waals surface area contributed by atoms with Crippen LogP contribution < -0.4 is 15.4 Å². The first kappa shape index (κ1) is 17.0. The number of carbonyl (C=O) groups is 2. The van der Waals surface area contributed by atoms with Gasteiger partial charge in [0.2, 0.25) is 0 Å². The molecule has 0 aromatic heterocycles. The molecule has 1 atom stereocenters. The zero-order chi connectivity index (χ0) is 18.0. The molecule has 2 amide bonds. The fraction of sp³-hybridized carbons (Fsp3) is 0.300. The first-order valence-electron chi connectivity index (χ1n) is 8.40. The quantitative estimate of drug-likeness (QED) is 0.901. The number of benzene rings is 2. The van der Waals surface area contributed by atoms with E-state index in [9.17, 15) is 9.59 Å². The molecule has 0 saturated heterocycles. The average Bonchev–Trinajstić information content (AvgIpc) is 3.04. The molecule has 2 N–H and O–H groups in total. The molecular weight excluding hydrogens is 316 g/mol. The van der Waals surface area contributed by atoms with Gasteiger partial charge in [-0.1, -0.05) is 30.3 Å². The molecule has 0 aliphatic carbocycles. The van der Waals surface area contributed by atoms with Gasteiger partial charge in [0.15, 0.2) is 0 Å². The third-order valence-corrected chi connectivity index (χ3v) is 4.24. The van der Waals surface area contributed by atoms with Crippen LogP contribution in [0.1, 0.15) is 51.6 Å². The molecule has 2 aromatic carbocycles. The zero-order valence-corrected chi connectivity index (χ0v) is 14.6. The summed E-state index contributed by atoms with van der Waals surface area (Å²) in [5, 5.41) is 5.50. The summed E-state index contributed by atoms with van der Waals surface area (Å²) in [6, 6.07) is 13.4. The highest BCUT2D eigenvalue weighted by atomic mass is 16.5. The fourth-order valence-electron chi connectivity index (χ4n) is 3.07. The molecule has 3 rings (SSSR count). The molecule has 1 heterocycles. The summed E-state index contributed by atoms with van der Waals surface area (Å²) in [6.07, 6.45) is 0. The molecule has 0 radical (unpaired) electrons. The molecule has 0 fully saturated rings. The van der Waals surface area contributed by atoms with Gasteiger partial charge in [-0.3, -0.25) is 9.59 Å². The highest BCUT2D eigenvalue weighted by Crippen LogP contribution is 2.41. The Morgan fingerprint density at radius 2 is 1.84 bits per heavy atom. The van der Waals surface area contributed by atoms with Crippen LogP contribution >= 0.6 is 0 Å². The Kier molecular flexibility index (Phi) is 4.74. The summed E-state index contributed by atoms with van der Waals surface area (Å²) >= 11 is 0. The van der Waals surface area contributed by atoms with Gasteiger partial charge < -0.3 is 15.4 Å². The molecule has 2 aromatic rings. The van der Waals surface area contributed by atoms with E-state index in [2.05, 4.69) is 10.6 Å². The topological polar surface area (TPSA) is 67.4 Å². The molecule has 5 nitrogen and oxygen atoms in total. The molecule has 0 spiro atoms. The van der Waals surface area contributed by atoms with Crippen molar-refractivity contribution in [3.8, 4) is 5.75 Å². The second-order valence-electron chi connectivity index (χ2n) is 6.42. The Labute approximate surface area is 147 Å². The van der Waals surface area contributed by atoms with Crippen molar-refractivity contribution in [2.45, 2.75) is 25.8 Å². The van der Waals surface area contributed by atoms with Gasteiger partial charge in [0, 0.05) is 30.1 Å². The van der Waals surface area contributed by atoms with Crippen LogP contribution in [-0.4, -0.2) is 31.5 Å². The van der Waals surface area contributed by atoms with Gasteiger partial charge in [0.1, 0.15) is 5.75 Å². The Balaban J connectivity index is 2.10. The van der Waals surface area contributed by atoms with Crippen molar-refractivity contribution in [2.24, 2.45) is 0 Å². The Hall–Kier alpha value is -2.82. The lowest BCUT2D eigenvalue weighted by Crippen LogP contribution is -2.30. The summed E-state index contributed by atoms with van der Waals surface area (Å²) in [7, 11) is 1.57. The van der Waals surface area contributed by atoms with Crippen LogP contribution in [-0.2, 0) is 0 Å². The van der Waals surface area contributed by atoms with Crippen molar-refractivity contribution >= 4 is 11.8 Å². The van der Waals surface area contributed by atoms with Gasteiger partial charge in [-0.25, -0.2) is 0 Å². The molecule has 5 heteroatoms. The Morgan fingerprint density at radius 1 is 1.12 bits per heavy atom. The molecule has 1 aliphatic rings. The van der Waals surface area contributed by atoms with Crippen LogP contribution in [0, 0.1) is 0 Å². The summed E-state index contributed by atoms with van der Waals surface area (Å²) in [5.74, 6) is 0.117. The summed E-state index contributed by atoms with van der Waals surface area (Å²) < 4.78 is 5.84. The SMILES string of the molecule is CNC(=O)c1cc(C(=O)NC(C)C)cc2c1OCC2c1ccccc1. The predicted octanol–water partition coefficient (Wildman–Crippen LogP) is 2.71. The van der Waals surface area contributed by atoms with Gasteiger partial charge in [0.05, 0.1) is 12.2 Å². The summed E-state index contributed by atoms with van der Waals surface area (Å²) in [5.41, 5.74) is 2.84. The minimum Gasteiger partial charge on any atom is -0.491 e. The van der Waals surface area contributed by atoms with E-state index >= 15 is 0 Å². The first-order valence-corrected chi connectivity index (χ1v) is 8.40. The monoisotopic (exact) mass is 338 g/mol. The maximum Gasteiger partial charge on any atom is 0.254 e. The highest BCUT2D eigenvalue weighted by molar-refractivity contribution is 6.02. The van der Waals surface area contributed by atoms with Crippen LogP contribution in [0.5, 0.6) is 5.75 Å². The van der Waals surface area contributed by atoms with Crippen molar-refractivity contribution in [2.75, 3.05) is 13.7 Å². The van der Waals surface area contributed by atoms with Crippen LogP contribution in [0.25, 0.3) is 0 Å². The van der Waals surface area contributed by atoms with Crippen LogP contribution in [0.4, 0.5) is 0 Å². The average molecular weight is 338 g/mol. The minimum absolute atomic E-state index is 0.00593. The molecule has 1 unspecified atom stereocenters. The van der Waals surface area contributed by atoms with Crippen LogP contribution in [0.15, 0.2) is 42.5 Å². The number of amides is 2. The van der Waals surface area contributed by atoms with E-state index in [4.69, 9.17) is 4.74 Å². The number of rotatable bonds is 4. The van der Waals surface area contributed by atoms with Gasteiger partial charge in [-0.2, -0.15) is 0 Å². The van der Waals surface area contributed by atoms with E-state index in [1.807, 2.05) is 50.2 Å². The van der Waals surface area contributed by atoms with Crippen LogP contribution in [0.2, 0.25) is 0 Å². The predicted molar refractivity (Wildman–Crippen MR) is 96.2 cm³/mol. The Morgan fingerprint density at radius 3 is 2.48 bits per heavy atom. The lowest BCUT2D eigenvalue weighted by Gasteiger charge is -2.14. The zero-order valence-electron chi connectivity index (χ0n) is 14.6. The number of carbonyl (C=O) groups excluding carboxylic acids is 2. The van der Waals surface area contributed by atoms with Crippen molar-refractivity contribution in [1.29, 1.82) is 0 Å². The lowest BCUT2D eigenvalue weighted by molar-refractivity contribution is 0.0943. The van der Waals surface area contributed by atoms with Crippen LogP contribution in [0.3, 0.4) is 0 Å². The molecule has 1 aliphatic heterocycles. The maximum absolute atomic E-state index is 12.5. The van der Waals surface area contributed by atoms with E-state index in [1.165, 1.54) is 0 Å². The third-order valence-electron chi connectivity index (χ3n) is 4.24. The van der Waals surface area contributed by atoms with E-state index in [-0.39, 0.29) is 23.8 Å². The van der Waals surface area contributed by atoms with Gasteiger partial charge in [-0.05, 0) is 31.5 Å². The molecule has 25 heavy (non-hydrogen) atoms. The fourth-order valence-corrected chi connectivity index (χ4v) is 3.07. The second kappa shape index (κ2) is 6.97. The molecule has 0 bridgehead atoms. The molecule has 0 saturated carbocycles. The van der Waals surface area contributed by atoms with Crippen molar-refractivity contribution < 1.29 is 14.3 Å². The minimum atomic E-state index is -0.260. The van der Waals surface area contributed by atoms with Gasteiger partial charge in [0.25, 0.3) is 11.8 Å². The third kappa shape index (κ3) is 3.36. The number of hydrogen-bond acceptors (Lipinski definition) is 3. The largest absolute Gasteiger partial charge is 0.491 e. The number of hydrogen-bond donors (Lipinski definition) is 2. The maximum atomic E-state index is 12.5. The van der Waals surface area contributed by atoms with Crippen molar-refractivity contribution in [3.63, 3.8) is 0 Å². The highest BCUT2D eigenvalue weighted by Gasteiger charge is 2.31. The van der Waals surface area contributed by atoms with E-state index in [0.717, 1.165) is 11.1 Å². The van der Waals surface area contributed by atoms with E-state index < -0.39 is 0 Å². The normalized spacial score (nSPS) is 15.4. The summed E-state index contributed by atoms with van der Waals surface area (Å²) in [6.45, 7) is 4.26. The second-order valence-corrected chi connectivity index (χ2v) is 6.42. The first-order chi connectivity index (χ1) is 12.0. The van der Waals surface area contributed by atoms with Gasteiger partial charge in [-0.15, -0.1) is 0 Å². The van der Waals surface area contributed by atoms with Crippen molar-refractivity contribution in [1.82, 2.24) is 10.6 Å². The van der Waals surface area contributed by atoms with Gasteiger partial charge >= 0.3 is 0 Å². The number of ether oxygens (including phenoxy) is 1. The van der Waals surface area contributed by atoms with E-state index in [0.29, 0.717) is 23.5 Å². The standard InChI is InChI=1S/C20H22N2O3/c1-12(2)22-19(23)14-9-15-17(13-7-5-4-6-8-13)11-25-18(15)16(10-14)20(24)21-3/h4-10,12,17H,11H2,1-3H3,(H,21,24)(H,22,23). The van der Waals surface area contributed by atoms with E-state index in [1.54, 1.807) is 13.1 Å². The van der Waals surface area contributed by atoms with Crippen molar-refractivity contribution in [3.05, 3.63) is 64.7 Å². The molecule has 130 valence electrons. The summed E-state index contributed by atoms with van der Waals surface area (Å²) in [4.78, 5) is 24.8. The smallest absolute Gasteiger partial charge is 0.254 e.